The molecule has 0 radical (unpaired) electrons. The van der Waals surface area contributed by atoms with Gasteiger partial charge in [-0.3, -0.25) is 15.0 Å². The lowest BCUT2D eigenvalue weighted by molar-refractivity contribution is -0.120. The van der Waals surface area contributed by atoms with Gasteiger partial charge in [-0.2, -0.15) is 0 Å². The van der Waals surface area contributed by atoms with Crippen molar-refractivity contribution in [2.75, 3.05) is 38.3 Å². The van der Waals surface area contributed by atoms with Crippen LogP contribution in [0.1, 0.15) is 22.3 Å². The fourth-order valence-electron chi connectivity index (χ4n) is 4.93. The number of benzene rings is 3. The standard InChI is InChI=1S/C29H28Cl2N4O5/c1-39-21-8-6-18(7-9-21)16-35-24-5-3-2-4-22(24)26(32-27(28(35)36)33-29(37)38)25-19(14-20(30)15-23(25)31)17-34-10-12-40-13-11-34/h2-9,14-15,27,33H,10-13,16-17H2,1H3,(H,37,38). The van der Waals surface area contributed by atoms with Gasteiger partial charge in [0.2, 0.25) is 6.17 Å². The average molecular weight is 583 g/mol. The molecule has 1 unspecified atom stereocenters. The van der Waals surface area contributed by atoms with E-state index in [-0.39, 0.29) is 6.54 Å². The van der Waals surface area contributed by atoms with Crippen molar-refractivity contribution in [1.29, 1.82) is 0 Å². The number of anilines is 1. The van der Waals surface area contributed by atoms with Gasteiger partial charge in [-0.25, -0.2) is 9.79 Å². The van der Waals surface area contributed by atoms with Crippen molar-refractivity contribution in [1.82, 2.24) is 10.2 Å². The van der Waals surface area contributed by atoms with Crippen LogP contribution in [-0.4, -0.2) is 67.3 Å². The molecule has 0 aromatic heterocycles. The zero-order valence-corrected chi connectivity index (χ0v) is 23.3. The van der Waals surface area contributed by atoms with Crippen LogP contribution < -0.4 is 15.0 Å². The van der Waals surface area contributed by atoms with Crippen LogP contribution in [0.15, 0.2) is 65.7 Å². The molecule has 0 bridgehead atoms. The van der Waals surface area contributed by atoms with Crippen LogP contribution in [0.2, 0.25) is 10.0 Å². The van der Waals surface area contributed by atoms with Gasteiger partial charge < -0.3 is 19.5 Å². The molecule has 3 aromatic rings. The molecule has 0 saturated carbocycles. The minimum absolute atomic E-state index is 0.190. The van der Waals surface area contributed by atoms with E-state index in [1.54, 1.807) is 18.1 Å². The minimum atomic E-state index is -1.40. The summed E-state index contributed by atoms with van der Waals surface area (Å²) in [7, 11) is 1.58. The second-order valence-corrected chi connectivity index (χ2v) is 10.3. The normalized spacial score (nSPS) is 17.6. The Hall–Kier alpha value is -3.63. The Morgan fingerprint density at radius 2 is 1.82 bits per heavy atom. The molecule has 0 spiro atoms. The van der Waals surface area contributed by atoms with Crippen LogP contribution in [0.4, 0.5) is 10.5 Å². The van der Waals surface area contributed by atoms with Gasteiger partial charge in [0.25, 0.3) is 5.91 Å². The number of benzodiazepines with no additional fused rings is 1. The number of halogens is 2. The molecule has 208 valence electrons. The van der Waals surface area contributed by atoms with Crippen molar-refractivity contribution in [3.8, 4) is 5.75 Å². The first-order chi connectivity index (χ1) is 19.3. The Morgan fingerprint density at radius 1 is 1.10 bits per heavy atom. The van der Waals surface area contributed by atoms with Crippen LogP contribution in [0.5, 0.6) is 5.75 Å². The Morgan fingerprint density at radius 3 is 2.52 bits per heavy atom. The lowest BCUT2D eigenvalue weighted by Crippen LogP contribution is -2.46. The topological polar surface area (TPSA) is 104 Å². The summed E-state index contributed by atoms with van der Waals surface area (Å²) in [4.78, 5) is 34.2. The van der Waals surface area contributed by atoms with E-state index in [1.165, 1.54) is 0 Å². The molecule has 2 aliphatic heterocycles. The van der Waals surface area contributed by atoms with Gasteiger partial charge in [0.05, 0.1) is 43.3 Å². The van der Waals surface area contributed by atoms with Gasteiger partial charge >= 0.3 is 6.09 Å². The number of nitrogens with one attached hydrogen (secondary N) is 1. The summed E-state index contributed by atoms with van der Waals surface area (Å²) in [5.74, 6) is 0.174. The molecular formula is C29H28Cl2N4O5. The molecule has 2 aliphatic rings. The molecule has 5 rings (SSSR count). The van der Waals surface area contributed by atoms with Gasteiger partial charge in [-0.15, -0.1) is 0 Å². The second kappa shape index (κ2) is 12.3. The highest BCUT2D eigenvalue weighted by atomic mass is 35.5. The smallest absolute Gasteiger partial charge is 0.406 e. The number of rotatable bonds is 7. The number of methoxy groups -OCH3 is 1. The average Bonchev–Trinajstić information content (AvgIpc) is 3.04. The van der Waals surface area contributed by atoms with Gasteiger partial charge in [0.1, 0.15) is 5.75 Å². The first kappa shape index (κ1) is 27.9. The fraction of sp³-hybridized carbons (Fsp3) is 0.276. The molecule has 0 aliphatic carbocycles. The predicted molar refractivity (Wildman–Crippen MR) is 154 cm³/mol. The maximum absolute atomic E-state index is 13.9. The maximum atomic E-state index is 13.9. The molecule has 2 heterocycles. The van der Waals surface area contributed by atoms with Crippen molar-refractivity contribution >= 4 is 46.6 Å². The number of fused-ring (bicyclic) bond motifs is 1. The van der Waals surface area contributed by atoms with Crippen molar-refractivity contribution in [2.45, 2.75) is 19.3 Å². The summed E-state index contributed by atoms with van der Waals surface area (Å²) >= 11 is 13.3. The number of carbonyl (C=O) groups is 2. The summed E-state index contributed by atoms with van der Waals surface area (Å²) in [6.07, 6.45) is -2.77. The van der Waals surface area contributed by atoms with E-state index in [9.17, 15) is 14.7 Å². The zero-order valence-electron chi connectivity index (χ0n) is 21.8. The Labute approximate surface area is 241 Å². The molecule has 1 atom stereocenters. The number of nitrogens with zero attached hydrogens (tertiary/aromatic N) is 3. The zero-order chi connectivity index (χ0) is 28.2. The van der Waals surface area contributed by atoms with E-state index in [1.807, 2.05) is 54.6 Å². The van der Waals surface area contributed by atoms with Crippen molar-refractivity contribution < 1.29 is 24.2 Å². The highest BCUT2D eigenvalue weighted by molar-refractivity contribution is 6.38. The molecule has 11 heteroatoms. The highest BCUT2D eigenvalue weighted by Gasteiger charge is 2.34. The lowest BCUT2D eigenvalue weighted by atomic mass is 9.95. The highest BCUT2D eigenvalue weighted by Crippen LogP contribution is 2.35. The minimum Gasteiger partial charge on any atom is -0.497 e. The molecule has 2 N–H and O–H groups in total. The van der Waals surface area contributed by atoms with E-state index in [4.69, 9.17) is 37.7 Å². The number of amides is 2. The monoisotopic (exact) mass is 582 g/mol. The number of aliphatic imine (C=N–C) groups is 1. The summed E-state index contributed by atoms with van der Waals surface area (Å²) in [5.41, 5.74) is 3.88. The largest absolute Gasteiger partial charge is 0.497 e. The number of carbonyl (C=O) groups excluding carboxylic acids is 1. The first-order valence-corrected chi connectivity index (χ1v) is 13.5. The van der Waals surface area contributed by atoms with E-state index in [0.717, 1.165) is 24.2 Å². The van der Waals surface area contributed by atoms with Gasteiger partial charge in [0, 0.05) is 35.8 Å². The van der Waals surface area contributed by atoms with Crippen LogP contribution in [0.3, 0.4) is 0 Å². The molecule has 1 fully saturated rings. The Kier molecular flexibility index (Phi) is 8.56. The molecule has 3 aromatic carbocycles. The van der Waals surface area contributed by atoms with Crippen molar-refractivity contribution in [3.63, 3.8) is 0 Å². The molecule has 9 nitrogen and oxygen atoms in total. The van der Waals surface area contributed by atoms with Gasteiger partial charge in [-0.1, -0.05) is 53.5 Å². The first-order valence-electron chi connectivity index (χ1n) is 12.7. The number of para-hydroxylation sites is 1. The summed E-state index contributed by atoms with van der Waals surface area (Å²) in [6, 6.07) is 18.2. The SMILES string of the molecule is COc1ccc(CN2C(=O)C(NC(=O)O)N=C(c3c(Cl)cc(Cl)cc3CN3CCOCC3)c3ccccc32)cc1. The number of morpholine rings is 1. The van der Waals surface area contributed by atoms with Crippen molar-refractivity contribution in [2.24, 2.45) is 4.99 Å². The fourth-order valence-corrected chi connectivity index (χ4v) is 5.56. The van der Waals surface area contributed by atoms with E-state index >= 15 is 0 Å². The van der Waals surface area contributed by atoms with Crippen molar-refractivity contribution in [3.05, 3.63) is 93.0 Å². The molecule has 1 saturated heterocycles. The quantitative estimate of drug-likeness (QED) is 0.414. The number of hydrogen-bond acceptors (Lipinski definition) is 6. The lowest BCUT2D eigenvalue weighted by Gasteiger charge is -2.28. The molecular weight excluding hydrogens is 555 g/mol. The third-order valence-corrected chi connectivity index (χ3v) is 7.36. The van der Waals surface area contributed by atoms with E-state index in [2.05, 4.69) is 10.2 Å². The van der Waals surface area contributed by atoms with Gasteiger partial charge in [0.15, 0.2) is 0 Å². The summed E-state index contributed by atoms with van der Waals surface area (Å²) in [6.45, 7) is 3.43. The van der Waals surface area contributed by atoms with Crippen LogP contribution in [-0.2, 0) is 22.6 Å². The summed E-state index contributed by atoms with van der Waals surface area (Å²) in [5, 5.41) is 12.7. The predicted octanol–water partition coefficient (Wildman–Crippen LogP) is 4.81. The van der Waals surface area contributed by atoms with E-state index < -0.39 is 18.2 Å². The Balaban J connectivity index is 1.64. The third-order valence-electron chi connectivity index (χ3n) is 6.84. The second-order valence-electron chi connectivity index (χ2n) is 9.43. The number of carboxylic acid groups (broad SMARTS) is 1. The van der Waals surface area contributed by atoms with E-state index in [0.29, 0.717) is 58.1 Å². The number of ether oxygens (including phenoxy) is 2. The van der Waals surface area contributed by atoms with Gasteiger partial charge in [-0.05, 0) is 41.5 Å². The maximum Gasteiger partial charge on any atom is 0.406 e. The molecule has 2 amide bonds. The number of hydrogen-bond donors (Lipinski definition) is 2. The molecule has 40 heavy (non-hydrogen) atoms. The Bertz CT molecular complexity index is 1440. The van der Waals surface area contributed by atoms with Crippen LogP contribution in [0, 0.1) is 0 Å². The third kappa shape index (κ3) is 6.08. The van der Waals surface area contributed by atoms with Crippen LogP contribution >= 0.6 is 23.2 Å². The summed E-state index contributed by atoms with van der Waals surface area (Å²) < 4.78 is 10.8. The van der Waals surface area contributed by atoms with Crippen LogP contribution in [0.25, 0.3) is 0 Å².